The molecule has 0 amide bonds. The lowest BCUT2D eigenvalue weighted by Crippen LogP contribution is -2.23. The van der Waals surface area contributed by atoms with Gasteiger partial charge in [0.05, 0.1) is 18.2 Å². The summed E-state index contributed by atoms with van der Waals surface area (Å²) in [5, 5.41) is 6.64. The van der Waals surface area contributed by atoms with Crippen LogP contribution in [0.1, 0.15) is 11.4 Å². The fraction of sp³-hybridized carbons (Fsp3) is 0.545. The summed E-state index contributed by atoms with van der Waals surface area (Å²) in [6, 6.07) is 0. The predicted octanol–water partition coefficient (Wildman–Crippen LogP) is 1.62. The molecule has 4 heteroatoms. The molecule has 0 radical (unpaired) electrons. The molecule has 0 bridgehead atoms. The van der Waals surface area contributed by atoms with E-state index in [0.29, 0.717) is 0 Å². The van der Waals surface area contributed by atoms with E-state index in [2.05, 4.69) is 16.4 Å². The van der Waals surface area contributed by atoms with Crippen LogP contribution in [0.3, 0.4) is 0 Å². The summed E-state index contributed by atoms with van der Waals surface area (Å²) in [6.07, 6.45) is 6.21. The Labute approximate surface area is 94.2 Å². The average Bonchev–Trinajstić information content (AvgIpc) is 2.79. The van der Waals surface area contributed by atoms with E-state index < -0.39 is 0 Å². The summed E-state index contributed by atoms with van der Waals surface area (Å²) in [7, 11) is 0. The van der Waals surface area contributed by atoms with Gasteiger partial charge in [-0.15, -0.1) is 11.3 Å². The molecule has 15 heavy (non-hydrogen) atoms. The van der Waals surface area contributed by atoms with Crippen LogP contribution >= 0.6 is 11.3 Å². The van der Waals surface area contributed by atoms with Crippen molar-refractivity contribution in [1.29, 1.82) is 0 Å². The minimum atomic E-state index is 0.796. The lowest BCUT2D eigenvalue weighted by Gasteiger charge is -2.13. The molecule has 1 aliphatic heterocycles. The van der Waals surface area contributed by atoms with Gasteiger partial charge in [0.15, 0.2) is 0 Å². The van der Waals surface area contributed by atoms with Gasteiger partial charge in [-0.2, -0.15) is 0 Å². The van der Waals surface area contributed by atoms with Crippen LogP contribution in [0.4, 0.5) is 0 Å². The van der Waals surface area contributed by atoms with Crippen LogP contribution < -0.4 is 5.32 Å². The third-order valence-corrected chi connectivity index (χ3v) is 3.17. The Balaban J connectivity index is 1.60. The quantitative estimate of drug-likeness (QED) is 0.609. The number of nitrogens with zero attached hydrogens (tertiary/aromatic N) is 1. The molecule has 3 nitrogen and oxygen atoms in total. The van der Waals surface area contributed by atoms with Crippen LogP contribution in [-0.2, 0) is 11.2 Å². The first-order valence-electron chi connectivity index (χ1n) is 5.30. The monoisotopic (exact) mass is 224 g/mol. The molecule has 0 atom stereocenters. The number of thiazole rings is 1. The Morgan fingerprint density at radius 2 is 2.53 bits per heavy atom. The second-order valence-corrected chi connectivity index (χ2v) is 4.54. The number of ether oxygens (including phenoxy) is 1. The maximum absolute atomic E-state index is 5.37. The number of hydrogen-bond acceptors (Lipinski definition) is 4. The van der Waals surface area contributed by atoms with Gasteiger partial charge in [0, 0.05) is 31.1 Å². The summed E-state index contributed by atoms with van der Waals surface area (Å²) in [5.74, 6) is 0. The van der Waals surface area contributed by atoms with Crippen molar-refractivity contribution in [3.05, 3.63) is 28.2 Å². The fourth-order valence-corrected chi connectivity index (χ4v) is 2.17. The highest BCUT2D eigenvalue weighted by molar-refractivity contribution is 7.09. The van der Waals surface area contributed by atoms with Crippen molar-refractivity contribution in [3.8, 4) is 0 Å². The normalized spacial score (nSPS) is 16.4. The van der Waals surface area contributed by atoms with Gasteiger partial charge in [-0.3, -0.25) is 0 Å². The van der Waals surface area contributed by atoms with E-state index >= 15 is 0 Å². The maximum Gasteiger partial charge on any atom is 0.0937 e. The van der Waals surface area contributed by atoms with E-state index in [-0.39, 0.29) is 0 Å². The maximum atomic E-state index is 5.37. The van der Waals surface area contributed by atoms with Gasteiger partial charge in [-0.1, -0.05) is 6.08 Å². The summed E-state index contributed by atoms with van der Waals surface area (Å²) in [4.78, 5) is 4.24. The highest BCUT2D eigenvalue weighted by Gasteiger charge is 2.02. The van der Waals surface area contributed by atoms with Crippen LogP contribution in [-0.4, -0.2) is 31.3 Å². The molecule has 0 saturated carbocycles. The van der Waals surface area contributed by atoms with E-state index in [1.165, 1.54) is 10.6 Å². The zero-order valence-electron chi connectivity index (χ0n) is 8.74. The van der Waals surface area contributed by atoms with Crippen molar-refractivity contribution in [2.45, 2.75) is 12.8 Å². The van der Waals surface area contributed by atoms with Gasteiger partial charge in [0.2, 0.25) is 0 Å². The molecular formula is C11H16N2OS. The number of aromatic nitrogens is 1. The van der Waals surface area contributed by atoms with Crippen LogP contribution in [0.15, 0.2) is 23.2 Å². The Morgan fingerprint density at radius 1 is 1.53 bits per heavy atom. The lowest BCUT2D eigenvalue weighted by atomic mass is 10.2. The van der Waals surface area contributed by atoms with Gasteiger partial charge in [-0.05, 0) is 12.0 Å². The molecule has 0 unspecified atom stereocenters. The molecule has 1 aromatic rings. The van der Waals surface area contributed by atoms with Gasteiger partial charge in [0.1, 0.15) is 0 Å². The van der Waals surface area contributed by atoms with Gasteiger partial charge in [-0.25, -0.2) is 4.98 Å². The Hall–Kier alpha value is -0.710. The predicted molar refractivity (Wildman–Crippen MR) is 62.2 cm³/mol. The number of nitrogens with one attached hydrogen (secondary N) is 1. The Kier molecular flexibility index (Phi) is 4.32. The largest absolute Gasteiger partial charge is 0.377 e. The van der Waals surface area contributed by atoms with E-state index in [1.807, 2.05) is 11.6 Å². The number of rotatable bonds is 5. The van der Waals surface area contributed by atoms with Crippen LogP contribution in [0, 0.1) is 0 Å². The lowest BCUT2D eigenvalue weighted by molar-refractivity contribution is 0.149. The van der Waals surface area contributed by atoms with Crippen LogP contribution in [0.5, 0.6) is 0 Å². The fourth-order valence-electron chi connectivity index (χ4n) is 1.55. The van der Waals surface area contributed by atoms with Crippen molar-refractivity contribution < 1.29 is 4.74 Å². The van der Waals surface area contributed by atoms with Gasteiger partial charge >= 0.3 is 0 Å². The topological polar surface area (TPSA) is 34.2 Å². The zero-order valence-corrected chi connectivity index (χ0v) is 9.55. The minimum Gasteiger partial charge on any atom is -0.377 e. The first kappa shape index (κ1) is 10.8. The smallest absolute Gasteiger partial charge is 0.0937 e. The molecular weight excluding hydrogens is 208 g/mol. The van der Waals surface area contributed by atoms with E-state index in [0.717, 1.165) is 39.1 Å². The SMILES string of the molecule is C1=C(CNCCc2nccs2)COCC1. The Bertz CT molecular complexity index is 308. The van der Waals surface area contributed by atoms with Gasteiger partial charge in [0.25, 0.3) is 0 Å². The first-order chi connectivity index (χ1) is 7.45. The summed E-state index contributed by atoms with van der Waals surface area (Å²) >= 11 is 1.72. The van der Waals surface area contributed by atoms with Crippen molar-refractivity contribution in [2.75, 3.05) is 26.3 Å². The summed E-state index contributed by atoms with van der Waals surface area (Å²) in [5.41, 5.74) is 1.38. The highest BCUT2D eigenvalue weighted by atomic mass is 32.1. The minimum absolute atomic E-state index is 0.796. The molecule has 1 aliphatic rings. The molecule has 2 heterocycles. The van der Waals surface area contributed by atoms with E-state index in [9.17, 15) is 0 Å². The second kappa shape index (κ2) is 6.00. The highest BCUT2D eigenvalue weighted by Crippen LogP contribution is 2.05. The molecule has 82 valence electrons. The molecule has 1 N–H and O–H groups in total. The molecule has 0 aliphatic carbocycles. The molecule has 0 aromatic carbocycles. The average molecular weight is 224 g/mol. The summed E-state index contributed by atoms with van der Waals surface area (Å²) in [6.45, 7) is 3.61. The number of hydrogen-bond donors (Lipinski definition) is 1. The van der Waals surface area contributed by atoms with E-state index in [1.54, 1.807) is 11.3 Å². The van der Waals surface area contributed by atoms with Crippen molar-refractivity contribution in [3.63, 3.8) is 0 Å². The second-order valence-electron chi connectivity index (χ2n) is 3.56. The first-order valence-corrected chi connectivity index (χ1v) is 6.18. The third kappa shape index (κ3) is 3.74. The Morgan fingerprint density at radius 3 is 3.27 bits per heavy atom. The third-order valence-electron chi connectivity index (χ3n) is 2.33. The molecule has 0 fully saturated rings. The van der Waals surface area contributed by atoms with Crippen molar-refractivity contribution in [1.82, 2.24) is 10.3 Å². The molecule has 2 rings (SSSR count). The van der Waals surface area contributed by atoms with Crippen LogP contribution in [0.2, 0.25) is 0 Å². The van der Waals surface area contributed by atoms with Crippen molar-refractivity contribution >= 4 is 11.3 Å². The van der Waals surface area contributed by atoms with Gasteiger partial charge < -0.3 is 10.1 Å². The van der Waals surface area contributed by atoms with E-state index in [4.69, 9.17) is 4.74 Å². The van der Waals surface area contributed by atoms with Crippen molar-refractivity contribution in [2.24, 2.45) is 0 Å². The zero-order chi connectivity index (χ0) is 10.3. The summed E-state index contributed by atoms with van der Waals surface area (Å²) < 4.78 is 5.37. The molecule has 0 spiro atoms. The molecule has 1 aromatic heterocycles. The molecule has 0 saturated heterocycles. The van der Waals surface area contributed by atoms with Crippen LogP contribution in [0.25, 0.3) is 0 Å². The standard InChI is InChI=1S/C11H16N2OS/c1-2-10(9-14-6-1)8-12-4-3-11-13-5-7-15-11/h2,5,7,12H,1,3-4,6,8-9H2.